The monoisotopic (exact) mass is 363 g/mol. The van der Waals surface area contributed by atoms with Crippen LogP contribution < -0.4 is 13.9 Å². The Hall–Kier alpha value is -1.77. The molecule has 0 aromatic heterocycles. The maximum absolute atomic E-state index is 11.0. The van der Waals surface area contributed by atoms with Crippen molar-refractivity contribution in [2.24, 2.45) is 0 Å². The van der Waals surface area contributed by atoms with Gasteiger partial charge in [0.15, 0.2) is 0 Å². The second-order valence-corrected chi connectivity index (χ2v) is 7.75. The molecule has 0 radical (unpaired) electrons. The van der Waals surface area contributed by atoms with Gasteiger partial charge in [-0.05, 0) is 48.2 Å². The Balaban J connectivity index is 1.87. The van der Waals surface area contributed by atoms with E-state index in [9.17, 15) is 14.2 Å². The van der Waals surface area contributed by atoms with Gasteiger partial charge in [-0.2, -0.15) is 0 Å². The topological polar surface area (TPSA) is 79.2 Å². The number of hydrogen-bond acceptors (Lipinski definition) is 6. The quantitative estimate of drug-likeness (QED) is 0.602. The molecule has 3 rings (SSSR count). The molecule has 4 N–H and O–H groups in total. The molecular formula is C18H25N3O3S. The SMILES string of the molecule is CCNC[C@@H](O)CCN1c2ccccc2N(c2ccccc2)S1(O)O. The summed E-state index contributed by atoms with van der Waals surface area (Å²) in [5.74, 6) is 0. The Kier molecular flexibility index (Phi) is 5.51. The van der Waals surface area contributed by atoms with E-state index in [0.29, 0.717) is 19.5 Å². The van der Waals surface area contributed by atoms with Gasteiger partial charge in [-0.3, -0.25) is 13.4 Å². The number of anilines is 3. The molecule has 0 saturated heterocycles. The van der Waals surface area contributed by atoms with Crippen LogP contribution in [0.2, 0.25) is 0 Å². The molecule has 1 heterocycles. The van der Waals surface area contributed by atoms with Crippen LogP contribution in [0.3, 0.4) is 0 Å². The molecule has 0 aliphatic carbocycles. The van der Waals surface area contributed by atoms with Crippen LogP contribution in [0.25, 0.3) is 0 Å². The third kappa shape index (κ3) is 3.61. The van der Waals surface area contributed by atoms with Crippen LogP contribution >= 0.6 is 11.0 Å². The lowest BCUT2D eigenvalue weighted by Crippen LogP contribution is -2.35. The van der Waals surface area contributed by atoms with E-state index >= 15 is 0 Å². The molecule has 0 fully saturated rings. The van der Waals surface area contributed by atoms with Gasteiger partial charge in [-0.15, -0.1) is 0 Å². The van der Waals surface area contributed by atoms with E-state index in [1.54, 1.807) is 8.61 Å². The molecule has 0 unspecified atom stereocenters. The maximum Gasteiger partial charge on any atom is 0.0896 e. The molecule has 0 bridgehead atoms. The first-order valence-electron chi connectivity index (χ1n) is 8.44. The molecule has 2 aromatic carbocycles. The highest BCUT2D eigenvalue weighted by atomic mass is 32.3. The van der Waals surface area contributed by atoms with Gasteiger partial charge in [-0.1, -0.05) is 37.3 Å². The number of aliphatic hydroxyl groups is 1. The van der Waals surface area contributed by atoms with E-state index in [0.717, 1.165) is 23.6 Å². The Morgan fingerprint density at radius 1 is 1.00 bits per heavy atom. The van der Waals surface area contributed by atoms with E-state index in [1.807, 2.05) is 61.5 Å². The average Bonchev–Trinajstić information content (AvgIpc) is 2.84. The van der Waals surface area contributed by atoms with E-state index in [1.165, 1.54) is 0 Å². The van der Waals surface area contributed by atoms with Crippen molar-refractivity contribution in [2.75, 3.05) is 28.2 Å². The van der Waals surface area contributed by atoms with Crippen molar-refractivity contribution in [2.45, 2.75) is 19.4 Å². The van der Waals surface area contributed by atoms with Gasteiger partial charge in [0.1, 0.15) is 0 Å². The highest BCUT2D eigenvalue weighted by Crippen LogP contribution is 2.63. The van der Waals surface area contributed by atoms with Crippen molar-refractivity contribution in [1.82, 2.24) is 5.32 Å². The molecular weight excluding hydrogens is 338 g/mol. The lowest BCUT2D eigenvalue weighted by atomic mass is 10.2. The number of benzene rings is 2. The number of aliphatic hydroxyl groups excluding tert-OH is 1. The molecule has 6 nitrogen and oxygen atoms in total. The Morgan fingerprint density at radius 3 is 2.32 bits per heavy atom. The lowest BCUT2D eigenvalue weighted by Gasteiger charge is -2.44. The minimum atomic E-state index is -3.22. The molecule has 7 heteroatoms. The fraction of sp³-hybridized carbons (Fsp3) is 0.333. The van der Waals surface area contributed by atoms with E-state index in [4.69, 9.17) is 0 Å². The number of nitrogens with one attached hydrogen (secondary N) is 1. The van der Waals surface area contributed by atoms with E-state index in [2.05, 4.69) is 5.32 Å². The third-order valence-electron chi connectivity index (χ3n) is 4.20. The second kappa shape index (κ2) is 7.63. The van der Waals surface area contributed by atoms with Gasteiger partial charge < -0.3 is 10.4 Å². The highest BCUT2D eigenvalue weighted by Gasteiger charge is 2.41. The molecule has 0 amide bonds. The number of fused-ring (bicyclic) bond motifs is 1. The van der Waals surface area contributed by atoms with Crippen LogP contribution in [-0.2, 0) is 0 Å². The standard InChI is InChI=1S/C18H25N3O3S/c1-2-19-14-16(22)12-13-20-17-10-6-7-11-18(17)21(25(20,23)24)15-8-4-3-5-9-15/h3-11,16,19,22-24H,2,12-14H2,1H3/t16-/m0/s1. The zero-order valence-electron chi connectivity index (χ0n) is 14.2. The minimum absolute atomic E-state index is 0.356. The highest BCUT2D eigenvalue weighted by molar-refractivity contribution is 8.27. The number of para-hydroxylation sites is 3. The summed E-state index contributed by atoms with van der Waals surface area (Å²) in [6.07, 6.45) is -0.0899. The van der Waals surface area contributed by atoms with Gasteiger partial charge in [-0.25, -0.2) is 4.31 Å². The molecule has 136 valence electrons. The van der Waals surface area contributed by atoms with Crippen LogP contribution in [0.1, 0.15) is 13.3 Å². The first-order valence-corrected chi connectivity index (χ1v) is 9.90. The van der Waals surface area contributed by atoms with Crippen LogP contribution in [0.4, 0.5) is 17.1 Å². The van der Waals surface area contributed by atoms with Crippen LogP contribution in [0, 0.1) is 0 Å². The number of rotatable bonds is 7. The Bertz CT molecular complexity index is 699. The molecule has 1 aliphatic heterocycles. The summed E-state index contributed by atoms with van der Waals surface area (Å²) < 4.78 is 25.1. The fourth-order valence-electron chi connectivity index (χ4n) is 2.98. The summed E-state index contributed by atoms with van der Waals surface area (Å²) in [6, 6.07) is 16.9. The van der Waals surface area contributed by atoms with Crippen molar-refractivity contribution in [1.29, 1.82) is 0 Å². The predicted octanol–water partition coefficient (Wildman–Crippen LogP) is 3.59. The first-order chi connectivity index (χ1) is 12.1. The zero-order valence-corrected chi connectivity index (χ0v) is 15.1. The van der Waals surface area contributed by atoms with Gasteiger partial charge in [0.25, 0.3) is 0 Å². The molecule has 1 aliphatic rings. The van der Waals surface area contributed by atoms with Crippen LogP contribution in [0.15, 0.2) is 54.6 Å². The summed E-state index contributed by atoms with van der Waals surface area (Å²) in [5.41, 5.74) is 2.25. The smallest absolute Gasteiger partial charge is 0.0896 e. The van der Waals surface area contributed by atoms with E-state index < -0.39 is 17.1 Å². The van der Waals surface area contributed by atoms with Gasteiger partial charge in [0.2, 0.25) is 0 Å². The van der Waals surface area contributed by atoms with Crippen molar-refractivity contribution >= 4 is 28.0 Å². The molecule has 2 aromatic rings. The van der Waals surface area contributed by atoms with Gasteiger partial charge in [0.05, 0.1) is 23.2 Å². The fourth-order valence-corrected chi connectivity index (χ4v) is 4.76. The zero-order chi connectivity index (χ0) is 17.9. The molecule has 25 heavy (non-hydrogen) atoms. The summed E-state index contributed by atoms with van der Waals surface area (Å²) in [6.45, 7) is 3.63. The van der Waals surface area contributed by atoms with Crippen molar-refractivity contribution in [3.05, 3.63) is 54.6 Å². The predicted molar refractivity (Wildman–Crippen MR) is 104 cm³/mol. The van der Waals surface area contributed by atoms with Crippen molar-refractivity contribution in [3.8, 4) is 0 Å². The van der Waals surface area contributed by atoms with Crippen LogP contribution in [-0.4, -0.2) is 40.0 Å². The average molecular weight is 363 g/mol. The Morgan fingerprint density at radius 2 is 1.64 bits per heavy atom. The van der Waals surface area contributed by atoms with Gasteiger partial charge in [0, 0.05) is 13.1 Å². The summed E-state index contributed by atoms with van der Waals surface area (Å²) >= 11 is 0. The largest absolute Gasteiger partial charge is 0.392 e. The van der Waals surface area contributed by atoms with Gasteiger partial charge >= 0.3 is 0 Å². The van der Waals surface area contributed by atoms with Crippen molar-refractivity contribution in [3.63, 3.8) is 0 Å². The number of hydrogen-bond donors (Lipinski definition) is 4. The third-order valence-corrected chi connectivity index (χ3v) is 6.06. The van der Waals surface area contributed by atoms with E-state index in [-0.39, 0.29) is 0 Å². The second-order valence-electron chi connectivity index (χ2n) is 5.96. The van der Waals surface area contributed by atoms with Crippen LogP contribution in [0.5, 0.6) is 0 Å². The Labute approximate surface area is 150 Å². The van der Waals surface area contributed by atoms with Crippen molar-refractivity contribution < 1.29 is 14.2 Å². The molecule has 0 saturated carbocycles. The summed E-state index contributed by atoms with van der Waals surface area (Å²) in [7, 11) is -3.22. The molecule has 1 atom stereocenters. The number of likely N-dealkylation sites (N-methyl/N-ethyl adjacent to an activating group) is 1. The molecule has 0 spiro atoms. The minimum Gasteiger partial charge on any atom is -0.392 e. The summed E-state index contributed by atoms with van der Waals surface area (Å²) in [4.78, 5) is 0. The summed E-state index contributed by atoms with van der Waals surface area (Å²) in [5, 5.41) is 13.2. The maximum atomic E-state index is 11.0. The normalized spacial score (nSPS) is 18.1. The first kappa shape index (κ1) is 18.0. The lowest BCUT2D eigenvalue weighted by molar-refractivity contribution is 0.165. The number of nitrogens with zero attached hydrogens (tertiary/aromatic N) is 2.